The molecule has 3 amide bonds. The van der Waals surface area contributed by atoms with Crippen LogP contribution in [-0.4, -0.2) is 64.5 Å². The van der Waals surface area contributed by atoms with E-state index < -0.39 is 41.7 Å². The van der Waals surface area contributed by atoms with Crippen LogP contribution in [0.15, 0.2) is 84.9 Å². The van der Waals surface area contributed by atoms with E-state index in [-0.39, 0.29) is 25.4 Å². The summed E-state index contributed by atoms with van der Waals surface area (Å²) in [5.41, 5.74) is 4.07. The second-order valence-electron chi connectivity index (χ2n) is 11.3. The minimum absolute atomic E-state index is 0.0562. The van der Waals surface area contributed by atoms with Crippen molar-refractivity contribution in [3.63, 3.8) is 0 Å². The van der Waals surface area contributed by atoms with E-state index in [0.29, 0.717) is 12.0 Å². The summed E-state index contributed by atoms with van der Waals surface area (Å²) in [6.45, 7) is 3.44. The van der Waals surface area contributed by atoms with E-state index in [1.165, 1.54) is 12.1 Å². The van der Waals surface area contributed by atoms with Crippen molar-refractivity contribution in [2.24, 2.45) is 5.92 Å². The fourth-order valence-electron chi connectivity index (χ4n) is 5.37. The molecule has 3 aromatic carbocycles. The van der Waals surface area contributed by atoms with Gasteiger partial charge in [0.1, 0.15) is 6.04 Å². The van der Waals surface area contributed by atoms with Crippen LogP contribution in [0.2, 0.25) is 0 Å². The van der Waals surface area contributed by atoms with Crippen LogP contribution in [0.1, 0.15) is 42.1 Å². The number of hydrazine groups is 1. The first-order valence-corrected chi connectivity index (χ1v) is 14.4. The molecule has 0 spiro atoms. The summed E-state index contributed by atoms with van der Waals surface area (Å²) in [4.78, 5) is 39.4. The van der Waals surface area contributed by atoms with Gasteiger partial charge in [0.15, 0.2) is 5.60 Å². The van der Waals surface area contributed by atoms with Crippen LogP contribution in [0.4, 0.5) is 4.79 Å². The van der Waals surface area contributed by atoms with Gasteiger partial charge in [-0.05, 0) is 28.2 Å². The van der Waals surface area contributed by atoms with Gasteiger partial charge in [-0.15, -0.1) is 0 Å². The molecule has 228 valence electrons. The van der Waals surface area contributed by atoms with Crippen LogP contribution in [0, 0.1) is 5.92 Å². The molecule has 0 bridgehead atoms. The number of rotatable bonds is 12. The molecule has 10 nitrogen and oxygen atoms in total. The zero-order valence-corrected chi connectivity index (χ0v) is 24.7. The van der Waals surface area contributed by atoms with Crippen molar-refractivity contribution in [1.82, 2.24) is 21.1 Å². The maximum atomic E-state index is 14.0. The summed E-state index contributed by atoms with van der Waals surface area (Å²) >= 11 is 0. The van der Waals surface area contributed by atoms with Gasteiger partial charge in [-0.25, -0.2) is 9.80 Å². The number of hydrogen-bond donors (Lipinski definition) is 5. The number of fused-ring (bicyclic) bond motifs is 1. The van der Waals surface area contributed by atoms with E-state index >= 15 is 0 Å². The third-order valence-electron chi connectivity index (χ3n) is 7.60. The van der Waals surface area contributed by atoms with Gasteiger partial charge in [-0.1, -0.05) is 98.8 Å². The molecule has 0 heterocycles. The van der Waals surface area contributed by atoms with Gasteiger partial charge in [0, 0.05) is 19.4 Å². The summed E-state index contributed by atoms with van der Waals surface area (Å²) in [5.74, 6) is -1.50. The Kier molecular flexibility index (Phi) is 10.5. The third-order valence-corrected chi connectivity index (χ3v) is 7.60. The highest BCUT2D eigenvalue weighted by atomic mass is 16.5. The lowest BCUT2D eigenvalue weighted by atomic mass is 9.92. The molecule has 0 aromatic heterocycles. The van der Waals surface area contributed by atoms with Crippen molar-refractivity contribution in [2.45, 2.75) is 57.0 Å². The van der Waals surface area contributed by atoms with E-state index in [2.05, 4.69) is 16.1 Å². The Morgan fingerprint density at radius 2 is 1.56 bits per heavy atom. The number of carbonyl (C=O) groups excluding carboxylic acids is 3. The number of methoxy groups -OCH3 is 1. The van der Waals surface area contributed by atoms with Crippen LogP contribution in [0.3, 0.4) is 0 Å². The zero-order chi connectivity index (χ0) is 31.0. The average molecular weight is 589 g/mol. The summed E-state index contributed by atoms with van der Waals surface area (Å²) < 4.78 is 4.70. The van der Waals surface area contributed by atoms with Crippen molar-refractivity contribution in [1.29, 1.82) is 0 Å². The predicted molar refractivity (Wildman–Crippen MR) is 161 cm³/mol. The van der Waals surface area contributed by atoms with Crippen LogP contribution in [0.25, 0.3) is 0 Å². The molecule has 0 saturated heterocycles. The van der Waals surface area contributed by atoms with Gasteiger partial charge in [-0.3, -0.25) is 15.0 Å². The molecule has 0 aliphatic heterocycles. The Morgan fingerprint density at radius 1 is 0.953 bits per heavy atom. The Morgan fingerprint density at radius 3 is 2.19 bits per heavy atom. The lowest BCUT2D eigenvalue weighted by Gasteiger charge is -2.35. The Bertz CT molecular complexity index is 1390. The minimum atomic E-state index is -2.02. The normalized spacial score (nSPS) is 17.9. The topological polar surface area (TPSA) is 140 Å². The molecule has 0 saturated carbocycles. The number of amides is 3. The Hall–Kier alpha value is -4.25. The predicted octanol–water partition coefficient (Wildman–Crippen LogP) is 2.65. The van der Waals surface area contributed by atoms with E-state index in [1.54, 1.807) is 13.8 Å². The molecule has 0 radical (unpaired) electrons. The van der Waals surface area contributed by atoms with Crippen molar-refractivity contribution in [2.75, 3.05) is 13.7 Å². The number of aliphatic hydroxyl groups is 2. The van der Waals surface area contributed by atoms with E-state index in [9.17, 15) is 24.6 Å². The van der Waals surface area contributed by atoms with Gasteiger partial charge >= 0.3 is 6.09 Å². The maximum absolute atomic E-state index is 14.0. The van der Waals surface area contributed by atoms with Crippen LogP contribution in [0.5, 0.6) is 0 Å². The summed E-state index contributed by atoms with van der Waals surface area (Å²) in [6.07, 6.45) is -1.27. The molecule has 1 aliphatic carbocycles. The molecular weight excluding hydrogens is 548 g/mol. The monoisotopic (exact) mass is 588 g/mol. The molecule has 3 aromatic rings. The number of aliphatic hydroxyl groups excluding tert-OH is 1. The SMILES string of the molecule is COC(=O)N[C@H](C(=O)NN(Cc1ccccc1)C[C@@](O)(Cc1ccccc1)C(=O)N[C@H]1c2ccccc2C[C@H]1O)C(C)C. The molecule has 10 heteroatoms. The zero-order valence-electron chi connectivity index (χ0n) is 24.7. The second-order valence-corrected chi connectivity index (χ2v) is 11.3. The number of carbonyl (C=O) groups is 3. The molecule has 4 rings (SSSR count). The highest BCUT2D eigenvalue weighted by molar-refractivity contribution is 5.87. The highest BCUT2D eigenvalue weighted by Gasteiger charge is 2.42. The summed E-state index contributed by atoms with van der Waals surface area (Å²) in [5, 5.41) is 29.9. The highest BCUT2D eigenvalue weighted by Crippen LogP contribution is 2.32. The molecule has 4 atom stereocenters. The number of nitrogens with zero attached hydrogens (tertiary/aromatic N) is 1. The van der Waals surface area contributed by atoms with E-state index in [1.807, 2.05) is 84.9 Å². The van der Waals surface area contributed by atoms with Gasteiger partial charge < -0.3 is 25.6 Å². The van der Waals surface area contributed by atoms with Crippen molar-refractivity contribution >= 4 is 17.9 Å². The van der Waals surface area contributed by atoms with Gasteiger partial charge in [-0.2, -0.15) is 0 Å². The standard InChI is InChI=1S/C33H40N4O6/c1-22(2)28(35-32(41)43-3)30(39)36-37(20-24-14-8-5-9-15-24)21-33(42,19-23-12-6-4-7-13-23)31(40)34-29-26-17-11-10-16-25(26)18-27(29)38/h4-17,22,27-29,38,42H,18-21H2,1-3H3,(H,34,40)(H,35,41)(H,36,39)/t27-,28+,29+,33+/m1/s1. The smallest absolute Gasteiger partial charge is 0.407 e. The fraction of sp³-hybridized carbons (Fsp3) is 0.364. The number of benzene rings is 3. The van der Waals surface area contributed by atoms with Gasteiger partial charge in [0.25, 0.3) is 11.8 Å². The fourth-order valence-corrected chi connectivity index (χ4v) is 5.37. The minimum Gasteiger partial charge on any atom is -0.453 e. The molecule has 0 fully saturated rings. The quantitative estimate of drug-likeness (QED) is 0.205. The van der Waals surface area contributed by atoms with E-state index in [0.717, 1.165) is 16.7 Å². The number of hydrogen-bond acceptors (Lipinski definition) is 7. The first-order valence-electron chi connectivity index (χ1n) is 14.4. The van der Waals surface area contributed by atoms with Crippen LogP contribution in [-0.2, 0) is 33.7 Å². The summed E-state index contributed by atoms with van der Waals surface area (Å²) in [7, 11) is 1.22. The molecular formula is C33H40N4O6. The largest absolute Gasteiger partial charge is 0.453 e. The number of alkyl carbamates (subject to hydrolysis) is 1. The molecule has 43 heavy (non-hydrogen) atoms. The third kappa shape index (κ3) is 8.19. The molecule has 1 aliphatic rings. The van der Waals surface area contributed by atoms with Gasteiger partial charge in [0.2, 0.25) is 0 Å². The second kappa shape index (κ2) is 14.3. The van der Waals surface area contributed by atoms with E-state index in [4.69, 9.17) is 4.74 Å². The maximum Gasteiger partial charge on any atom is 0.407 e. The Balaban J connectivity index is 1.64. The van der Waals surface area contributed by atoms with Gasteiger partial charge in [0.05, 0.1) is 25.8 Å². The van der Waals surface area contributed by atoms with Crippen molar-refractivity contribution in [3.8, 4) is 0 Å². The first kappa shape index (κ1) is 31.7. The van der Waals surface area contributed by atoms with Crippen molar-refractivity contribution in [3.05, 3.63) is 107 Å². The molecule has 5 N–H and O–H groups in total. The lowest BCUT2D eigenvalue weighted by Crippen LogP contribution is -2.61. The molecule has 0 unspecified atom stereocenters. The van der Waals surface area contributed by atoms with Crippen molar-refractivity contribution < 1.29 is 29.3 Å². The first-order chi connectivity index (χ1) is 20.6. The Labute approximate surface area is 252 Å². The summed E-state index contributed by atoms with van der Waals surface area (Å²) in [6, 6.07) is 24.3. The lowest BCUT2D eigenvalue weighted by molar-refractivity contribution is -0.147. The van der Waals surface area contributed by atoms with Crippen LogP contribution >= 0.6 is 0 Å². The number of nitrogens with one attached hydrogen (secondary N) is 3. The van der Waals surface area contributed by atoms with Crippen LogP contribution < -0.4 is 16.1 Å². The average Bonchev–Trinajstić information content (AvgIpc) is 3.30. The number of ether oxygens (including phenoxy) is 1.